The number of nitrogens with zero attached hydrogens (tertiary/aromatic N) is 1. The molecular weight excluding hydrogens is 106 g/mol. The Kier molecular flexibility index (Phi) is 2.88. The minimum Gasteiger partial charge on any atom is -0.223 e. The molecule has 50 valence electrons. The fourth-order valence-electron chi connectivity index (χ4n) is 0.241. The highest BCUT2D eigenvalue weighted by molar-refractivity contribution is 3.97. The highest BCUT2D eigenvalue weighted by Gasteiger charge is 2.12. The lowest BCUT2D eigenvalue weighted by molar-refractivity contribution is -1.03. The van der Waals surface area contributed by atoms with E-state index in [9.17, 15) is 0 Å². The van der Waals surface area contributed by atoms with E-state index in [1.165, 1.54) is 0 Å². The van der Waals surface area contributed by atoms with Gasteiger partial charge in [-0.15, -0.1) is 10.9 Å². The molecule has 0 aliphatic carbocycles. The maximum atomic E-state index is 5.13. The summed E-state index contributed by atoms with van der Waals surface area (Å²) in [4.78, 5) is 0.236. The van der Waals surface area contributed by atoms with Crippen molar-refractivity contribution in [2.75, 3.05) is 21.1 Å². The van der Waals surface area contributed by atoms with Gasteiger partial charge in [0.25, 0.3) is 0 Å². The first-order chi connectivity index (χ1) is 3.68. The van der Waals surface area contributed by atoms with E-state index < -0.39 is 0 Å². The molecule has 0 unspecified atom stereocenters. The molecule has 0 atom stereocenters. The number of rotatable bonds is 3. The molecule has 0 aromatic carbocycles. The lowest BCUT2D eigenvalue weighted by Gasteiger charge is -2.26. The average molecular weight is 120 g/mol. The third kappa shape index (κ3) is 1.73. The molecule has 0 radical (unpaired) electrons. The molecule has 0 spiro atoms. The first-order valence-corrected chi connectivity index (χ1v) is 2.41. The van der Waals surface area contributed by atoms with Crippen LogP contribution in [0.15, 0.2) is 0 Å². The molecular formula is C3H14N5+. The van der Waals surface area contributed by atoms with Crippen molar-refractivity contribution in [1.82, 2.24) is 16.4 Å². The summed E-state index contributed by atoms with van der Waals surface area (Å²) < 4.78 is 0. The predicted molar refractivity (Wildman–Crippen MR) is 31.6 cm³/mol. The third-order valence-electron chi connectivity index (χ3n) is 1.15. The Labute approximate surface area is 49.3 Å². The lowest BCUT2D eigenvalue weighted by atomic mass is 11.2. The monoisotopic (exact) mass is 120 g/mol. The van der Waals surface area contributed by atoms with Crippen molar-refractivity contribution >= 4 is 0 Å². The molecule has 0 aromatic heterocycles. The fourth-order valence-corrected chi connectivity index (χ4v) is 0.241. The van der Waals surface area contributed by atoms with Gasteiger partial charge >= 0.3 is 0 Å². The van der Waals surface area contributed by atoms with E-state index in [4.69, 9.17) is 5.84 Å². The third-order valence-corrected chi connectivity index (χ3v) is 1.15. The fraction of sp³-hybridized carbons (Fsp3) is 1.00. The molecule has 5 N–H and O–H groups in total. The molecule has 0 bridgehead atoms. The maximum Gasteiger partial charge on any atom is 0.126 e. The van der Waals surface area contributed by atoms with Crippen LogP contribution < -0.4 is 22.2 Å². The van der Waals surface area contributed by atoms with Crippen LogP contribution in [0, 0.1) is 0 Å². The van der Waals surface area contributed by atoms with Gasteiger partial charge in [-0.3, -0.25) is 0 Å². The molecule has 0 amide bonds. The number of hydrogen-bond acceptors (Lipinski definition) is 4. The van der Waals surface area contributed by atoms with Crippen molar-refractivity contribution in [2.24, 2.45) is 5.84 Å². The van der Waals surface area contributed by atoms with Gasteiger partial charge in [0.2, 0.25) is 0 Å². The minimum atomic E-state index is 0.236. The molecule has 5 nitrogen and oxygen atoms in total. The number of hydrazine groups is 1. The second kappa shape index (κ2) is 2.95. The van der Waals surface area contributed by atoms with E-state index in [0.717, 1.165) is 0 Å². The summed E-state index contributed by atoms with van der Waals surface area (Å²) in [6.07, 6.45) is 0. The van der Waals surface area contributed by atoms with Crippen molar-refractivity contribution in [1.29, 1.82) is 0 Å². The minimum absolute atomic E-state index is 0.236. The average Bonchev–Trinajstić information content (AvgIpc) is 1.87. The molecule has 0 aliphatic rings. The Bertz CT molecular complexity index is 50.4. The number of quaternary nitrogens is 1. The van der Waals surface area contributed by atoms with Gasteiger partial charge in [0.05, 0.1) is 0 Å². The van der Waals surface area contributed by atoms with Crippen LogP contribution in [-0.4, -0.2) is 26.0 Å². The highest BCUT2D eigenvalue weighted by atomic mass is 16.0. The van der Waals surface area contributed by atoms with Crippen LogP contribution in [0.2, 0.25) is 0 Å². The Balaban J connectivity index is 3.58. The Hall–Kier alpha value is -0.200. The van der Waals surface area contributed by atoms with Gasteiger partial charge in [0.1, 0.15) is 7.05 Å². The summed E-state index contributed by atoms with van der Waals surface area (Å²) in [6, 6.07) is 0. The molecule has 0 saturated heterocycles. The molecule has 0 rings (SSSR count). The van der Waals surface area contributed by atoms with Crippen LogP contribution in [-0.2, 0) is 0 Å². The first-order valence-electron chi connectivity index (χ1n) is 2.41. The quantitative estimate of drug-likeness (QED) is 0.199. The standard InChI is InChI=1S/C3H14N5/c1-5-8(3,6-2)7-4/h5-7H,4H2,1-3H3/q+1. The number of nitrogens with one attached hydrogen (secondary N) is 3. The molecule has 5 heteroatoms. The van der Waals surface area contributed by atoms with Crippen LogP contribution in [0.25, 0.3) is 0 Å². The summed E-state index contributed by atoms with van der Waals surface area (Å²) >= 11 is 0. The highest BCUT2D eigenvalue weighted by Crippen LogP contribution is 1.72. The van der Waals surface area contributed by atoms with Gasteiger partial charge in [0.15, 0.2) is 0 Å². The van der Waals surface area contributed by atoms with Crippen molar-refractivity contribution < 1.29 is 4.81 Å². The van der Waals surface area contributed by atoms with Gasteiger partial charge in [-0.25, -0.2) is 5.84 Å². The normalized spacial score (nSPS) is 12.0. The zero-order valence-electron chi connectivity index (χ0n) is 5.52. The van der Waals surface area contributed by atoms with Gasteiger partial charge in [-0.2, -0.15) is 0 Å². The summed E-state index contributed by atoms with van der Waals surface area (Å²) in [5.74, 6) is 5.13. The maximum absolute atomic E-state index is 5.13. The van der Waals surface area contributed by atoms with Gasteiger partial charge in [-0.1, -0.05) is 10.3 Å². The Morgan fingerprint density at radius 3 is 1.62 bits per heavy atom. The number of hydrogen-bond donors (Lipinski definition) is 4. The van der Waals surface area contributed by atoms with Crippen molar-refractivity contribution in [3.63, 3.8) is 0 Å². The van der Waals surface area contributed by atoms with E-state index in [2.05, 4.69) is 16.4 Å². The van der Waals surface area contributed by atoms with Crippen LogP contribution in [0.3, 0.4) is 0 Å². The molecule has 0 saturated carbocycles. The topological polar surface area (TPSA) is 62.1 Å². The van der Waals surface area contributed by atoms with Crippen LogP contribution in [0.1, 0.15) is 0 Å². The molecule has 0 aliphatic heterocycles. The number of nitrogens with two attached hydrogens (primary N) is 1. The first kappa shape index (κ1) is 7.80. The Morgan fingerprint density at radius 1 is 1.25 bits per heavy atom. The van der Waals surface area contributed by atoms with Crippen molar-refractivity contribution in [3.05, 3.63) is 0 Å². The Morgan fingerprint density at radius 2 is 1.62 bits per heavy atom. The summed E-state index contributed by atoms with van der Waals surface area (Å²) in [7, 11) is 5.41. The molecule has 0 heterocycles. The second-order valence-electron chi connectivity index (χ2n) is 1.58. The van der Waals surface area contributed by atoms with Crippen LogP contribution in [0.5, 0.6) is 0 Å². The van der Waals surface area contributed by atoms with Crippen molar-refractivity contribution in [2.45, 2.75) is 0 Å². The summed E-state index contributed by atoms with van der Waals surface area (Å²) in [6.45, 7) is 0. The second-order valence-corrected chi connectivity index (χ2v) is 1.58. The molecule has 0 fully saturated rings. The molecule has 8 heavy (non-hydrogen) atoms. The zero-order chi connectivity index (χ0) is 6.62. The van der Waals surface area contributed by atoms with E-state index in [-0.39, 0.29) is 4.81 Å². The van der Waals surface area contributed by atoms with Gasteiger partial charge in [-0.05, 0) is 0 Å². The largest absolute Gasteiger partial charge is 0.223 e. The smallest absolute Gasteiger partial charge is 0.126 e. The zero-order valence-corrected chi connectivity index (χ0v) is 5.52. The van der Waals surface area contributed by atoms with Gasteiger partial charge in [0, 0.05) is 14.1 Å². The lowest BCUT2D eigenvalue weighted by Crippen LogP contribution is -2.70. The summed E-state index contributed by atoms with van der Waals surface area (Å²) in [5.41, 5.74) is 8.23. The summed E-state index contributed by atoms with van der Waals surface area (Å²) in [5, 5.41) is 0. The van der Waals surface area contributed by atoms with E-state index in [0.29, 0.717) is 0 Å². The van der Waals surface area contributed by atoms with Gasteiger partial charge < -0.3 is 0 Å². The van der Waals surface area contributed by atoms with Crippen LogP contribution in [0.4, 0.5) is 0 Å². The van der Waals surface area contributed by atoms with Crippen LogP contribution >= 0.6 is 0 Å². The predicted octanol–water partition coefficient (Wildman–Crippen LogP) is -1.92. The van der Waals surface area contributed by atoms with Crippen molar-refractivity contribution in [3.8, 4) is 0 Å². The SMILES string of the molecule is CN[N+](C)(NC)NN. The van der Waals surface area contributed by atoms with E-state index in [1.54, 1.807) is 14.1 Å². The van der Waals surface area contributed by atoms with E-state index in [1.807, 2.05) is 7.05 Å². The van der Waals surface area contributed by atoms with E-state index >= 15 is 0 Å². The molecule has 0 aromatic rings.